The third-order valence-electron chi connectivity index (χ3n) is 6.17. The topological polar surface area (TPSA) is 99.2 Å². The number of piperidine rings is 1. The molecule has 0 radical (unpaired) electrons. The molecule has 2 aromatic carbocycles. The number of carbonyl (C=O) groups excluding carboxylic acids is 1. The molecule has 1 aliphatic heterocycles. The predicted molar refractivity (Wildman–Crippen MR) is 135 cm³/mol. The van der Waals surface area contributed by atoms with Crippen LogP contribution < -0.4 is 10.5 Å². The maximum absolute atomic E-state index is 12.6. The number of nitrogen functional groups attached to an aromatic ring is 1. The average molecular weight is 454 g/mol. The van der Waals surface area contributed by atoms with Crippen molar-refractivity contribution in [2.24, 2.45) is 0 Å². The Morgan fingerprint density at radius 1 is 1.12 bits per heavy atom. The van der Waals surface area contributed by atoms with Crippen LogP contribution in [0.2, 0.25) is 5.82 Å². The van der Waals surface area contributed by atoms with Crippen LogP contribution in [0.1, 0.15) is 25.8 Å². The molecule has 34 heavy (non-hydrogen) atoms. The maximum atomic E-state index is 12.6. The van der Waals surface area contributed by atoms with Crippen molar-refractivity contribution in [3.63, 3.8) is 0 Å². The monoisotopic (exact) mass is 454 g/mol. The van der Waals surface area contributed by atoms with Crippen molar-refractivity contribution < 1.29 is 9.53 Å². The minimum absolute atomic E-state index is 0.0294. The number of nitrogens with zero attached hydrogens (tertiary/aromatic N) is 5. The zero-order chi connectivity index (χ0) is 23.7. The average Bonchev–Trinajstić information content (AvgIpc) is 3.26. The van der Waals surface area contributed by atoms with E-state index >= 15 is 0 Å². The van der Waals surface area contributed by atoms with Crippen LogP contribution in [-0.4, -0.2) is 51.5 Å². The number of hydrogen-bond donors (Lipinski definition) is 1. The van der Waals surface area contributed by atoms with Crippen LogP contribution in [0.3, 0.4) is 0 Å². The molecule has 0 aliphatic carbocycles. The molecule has 8 nitrogen and oxygen atoms in total. The van der Waals surface area contributed by atoms with E-state index < -0.39 is 0 Å². The van der Waals surface area contributed by atoms with E-state index in [1.165, 1.54) is 6.33 Å². The summed E-state index contributed by atoms with van der Waals surface area (Å²) in [5, 5.41) is 5.68. The number of aromatic nitrogens is 4. The first-order valence-electron chi connectivity index (χ1n) is 11.6. The molecule has 3 heterocycles. The van der Waals surface area contributed by atoms with Crippen LogP contribution in [0.5, 0.6) is 11.5 Å². The van der Waals surface area contributed by atoms with Gasteiger partial charge in [-0.1, -0.05) is 25.1 Å². The number of likely N-dealkylation sites (tertiary alicyclic amines) is 1. The molecule has 172 valence electrons. The molecule has 1 aliphatic rings. The molecular weight excluding hydrogens is 427 g/mol. The second kappa shape index (κ2) is 9.17. The van der Waals surface area contributed by atoms with Crippen LogP contribution in [0.15, 0.2) is 60.9 Å². The number of fused-ring (bicyclic) bond motifs is 1. The molecule has 9 heteroatoms. The van der Waals surface area contributed by atoms with Gasteiger partial charge < -0.3 is 15.4 Å². The van der Waals surface area contributed by atoms with Gasteiger partial charge in [0.2, 0.25) is 5.91 Å². The van der Waals surface area contributed by atoms with E-state index in [0.717, 1.165) is 47.5 Å². The fourth-order valence-electron chi connectivity index (χ4n) is 4.48. The number of carbonyl (C=O) groups is 1. The Labute approximate surface area is 199 Å². The highest BCUT2D eigenvalue weighted by Crippen LogP contribution is 2.35. The Morgan fingerprint density at radius 2 is 1.85 bits per heavy atom. The summed E-state index contributed by atoms with van der Waals surface area (Å²) in [4.78, 5) is 23.3. The van der Waals surface area contributed by atoms with Gasteiger partial charge >= 0.3 is 0 Å². The number of amides is 1. The third-order valence-corrected chi connectivity index (χ3v) is 6.17. The lowest BCUT2D eigenvalue weighted by Gasteiger charge is -2.34. The van der Waals surface area contributed by atoms with E-state index in [-0.39, 0.29) is 17.8 Å². The first kappa shape index (κ1) is 21.9. The first-order valence-corrected chi connectivity index (χ1v) is 11.6. The Kier molecular flexibility index (Phi) is 5.92. The van der Waals surface area contributed by atoms with Crippen LogP contribution in [-0.2, 0) is 4.79 Å². The van der Waals surface area contributed by atoms with Gasteiger partial charge in [-0.15, -0.1) is 0 Å². The molecule has 0 saturated carbocycles. The van der Waals surface area contributed by atoms with Gasteiger partial charge in [0.1, 0.15) is 37.2 Å². The SMILES string of the molecule is BC(C)C(=O)N1CCC[C@@H](n2nc(-c3ccc(Oc4ccccc4)cc3)c3c(N)ncnc32)C1. The van der Waals surface area contributed by atoms with Crippen molar-refractivity contribution in [1.29, 1.82) is 0 Å². The van der Waals surface area contributed by atoms with Gasteiger partial charge in [0.05, 0.1) is 11.4 Å². The summed E-state index contributed by atoms with van der Waals surface area (Å²) < 4.78 is 7.85. The van der Waals surface area contributed by atoms with Crippen LogP contribution in [0.4, 0.5) is 5.82 Å². The normalized spacial score (nSPS) is 17.0. The number of rotatable bonds is 5. The molecule has 2 N–H and O–H groups in total. The second-order valence-electron chi connectivity index (χ2n) is 8.93. The quantitative estimate of drug-likeness (QED) is 0.464. The van der Waals surface area contributed by atoms with E-state index in [0.29, 0.717) is 18.0 Å². The lowest BCUT2D eigenvalue weighted by molar-refractivity contribution is -0.132. The second-order valence-corrected chi connectivity index (χ2v) is 8.93. The summed E-state index contributed by atoms with van der Waals surface area (Å²) in [6.07, 6.45) is 3.31. The lowest BCUT2D eigenvalue weighted by Crippen LogP contribution is -2.42. The minimum atomic E-state index is -0.0294. The Balaban J connectivity index is 1.49. The van der Waals surface area contributed by atoms with Crippen molar-refractivity contribution in [1.82, 2.24) is 24.6 Å². The first-order chi connectivity index (χ1) is 16.5. The van der Waals surface area contributed by atoms with E-state index in [2.05, 4.69) is 9.97 Å². The highest BCUT2D eigenvalue weighted by atomic mass is 16.5. The predicted octanol–water partition coefficient (Wildman–Crippen LogP) is 3.47. The maximum Gasteiger partial charge on any atom is 0.217 e. The largest absolute Gasteiger partial charge is 0.457 e. The van der Waals surface area contributed by atoms with Gasteiger partial charge in [-0.05, 0) is 49.2 Å². The van der Waals surface area contributed by atoms with Gasteiger partial charge in [0.15, 0.2) is 5.65 Å². The minimum Gasteiger partial charge on any atom is -0.457 e. The molecule has 2 aromatic heterocycles. The van der Waals surface area contributed by atoms with Crippen LogP contribution in [0.25, 0.3) is 22.3 Å². The molecule has 5 rings (SSSR count). The van der Waals surface area contributed by atoms with Crippen molar-refractivity contribution in [3.8, 4) is 22.8 Å². The van der Waals surface area contributed by atoms with Gasteiger partial charge in [0.25, 0.3) is 0 Å². The molecule has 4 aromatic rings. The highest BCUT2D eigenvalue weighted by Gasteiger charge is 2.29. The molecule has 1 amide bonds. The molecule has 0 bridgehead atoms. The van der Waals surface area contributed by atoms with Crippen molar-refractivity contribution in [3.05, 3.63) is 60.9 Å². The smallest absolute Gasteiger partial charge is 0.217 e. The molecule has 0 spiro atoms. The van der Waals surface area contributed by atoms with E-state index in [4.69, 9.17) is 15.6 Å². The summed E-state index contributed by atoms with van der Waals surface area (Å²) in [7, 11) is 1.94. The van der Waals surface area contributed by atoms with E-state index in [9.17, 15) is 4.79 Å². The molecular formula is C25H27BN6O2. The summed E-state index contributed by atoms with van der Waals surface area (Å²) >= 11 is 0. The van der Waals surface area contributed by atoms with Crippen molar-refractivity contribution >= 4 is 30.6 Å². The standard InChI is InChI=1S/C25H27BN6O2/c1-16(26)25(33)31-13-5-6-18(14-31)32-24-21(23(27)28-15-29-24)22(30-32)17-9-11-20(12-10-17)34-19-7-3-2-4-8-19/h2-4,7-12,15-16,18H,5-6,13-14,26H2,1H3,(H2,27,28,29)/t16?,18-/m1/s1. The fraction of sp³-hybridized carbons (Fsp3) is 0.280. The number of benzene rings is 2. The van der Waals surface area contributed by atoms with Gasteiger partial charge in [-0.2, -0.15) is 5.10 Å². The highest BCUT2D eigenvalue weighted by molar-refractivity contribution is 6.23. The van der Waals surface area contributed by atoms with Crippen LogP contribution in [0, 0.1) is 0 Å². The van der Waals surface area contributed by atoms with Gasteiger partial charge in [-0.25, -0.2) is 14.6 Å². The Bertz CT molecular complexity index is 1310. The van der Waals surface area contributed by atoms with Crippen molar-refractivity contribution in [2.45, 2.75) is 31.6 Å². The number of hydrogen-bond acceptors (Lipinski definition) is 6. The Hall–Kier alpha value is -3.88. The van der Waals surface area contributed by atoms with E-state index in [1.807, 2.05) is 78.9 Å². The van der Waals surface area contributed by atoms with Gasteiger partial charge in [-0.3, -0.25) is 4.79 Å². The molecule has 1 saturated heterocycles. The number of ether oxygens (including phenoxy) is 1. The Morgan fingerprint density at radius 3 is 2.59 bits per heavy atom. The number of nitrogens with two attached hydrogens (primary N) is 1. The lowest BCUT2D eigenvalue weighted by atomic mass is 9.87. The van der Waals surface area contributed by atoms with Crippen LogP contribution >= 0.6 is 0 Å². The fourth-order valence-corrected chi connectivity index (χ4v) is 4.48. The molecule has 1 unspecified atom stereocenters. The zero-order valence-electron chi connectivity index (χ0n) is 19.4. The number of para-hydroxylation sites is 1. The van der Waals surface area contributed by atoms with E-state index in [1.54, 1.807) is 0 Å². The van der Waals surface area contributed by atoms with Gasteiger partial charge in [0, 0.05) is 24.5 Å². The number of anilines is 1. The van der Waals surface area contributed by atoms with Crippen molar-refractivity contribution in [2.75, 3.05) is 18.8 Å². The summed E-state index contributed by atoms with van der Waals surface area (Å²) in [5.74, 6) is 2.04. The summed E-state index contributed by atoms with van der Waals surface area (Å²) in [6, 6.07) is 17.4. The third kappa shape index (κ3) is 4.21. The summed E-state index contributed by atoms with van der Waals surface area (Å²) in [5.41, 5.74) is 8.61. The summed E-state index contributed by atoms with van der Waals surface area (Å²) in [6.45, 7) is 3.33. The molecule has 1 fully saturated rings. The molecule has 2 atom stereocenters. The zero-order valence-corrected chi connectivity index (χ0v) is 19.4.